The van der Waals surface area contributed by atoms with Crippen LogP contribution in [-0.4, -0.2) is 19.7 Å². The summed E-state index contributed by atoms with van der Waals surface area (Å²) in [4.78, 5) is 5.71. The average molecular weight is 340 g/mol. The quantitative estimate of drug-likeness (QED) is 0.710. The summed E-state index contributed by atoms with van der Waals surface area (Å²) < 4.78 is 28.8. The van der Waals surface area contributed by atoms with Crippen LogP contribution in [0.2, 0.25) is 0 Å². The van der Waals surface area contributed by atoms with E-state index in [0.29, 0.717) is 17.0 Å². The summed E-state index contributed by atoms with van der Waals surface area (Å²) >= 11 is 0. The molecule has 1 spiro atoms. The van der Waals surface area contributed by atoms with E-state index in [1.165, 1.54) is 18.4 Å². The molecular weight excluding hydrogens is 322 g/mol. The van der Waals surface area contributed by atoms with Crippen LogP contribution in [0.1, 0.15) is 24.3 Å². The molecule has 1 aliphatic carbocycles. The Balaban J connectivity index is 1.31. The van der Waals surface area contributed by atoms with Crippen molar-refractivity contribution in [3.8, 4) is 5.75 Å². The number of hydrogen-bond donors (Lipinski definition) is 0. The van der Waals surface area contributed by atoms with E-state index in [1.807, 2.05) is 24.3 Å². The molecule has 128 valence electrons. The van der Waals surface area contributed by atoms with Gasteiger partial charge >= 0.3 is 6.61 Å². The summed E-state index contributed by atoms with van der Waals surface area (Å²) in [6, 6.07) is 14.8. The van der Waals surface area contributed by atoms with Gasteiger partial charge in [-0.1, -0.05) is 24.3 Å². The largest absolute Gasteiger partial charge is 0.435 e. The molecule has 0 radical (unpaired) electrons. The molecule has 1 saturated carbocycles. The Morgan fingerprint density at radius 1 is 1.04 bits per heavy atom. The van der Waals surface area contributed by atoms with Crippen molar-refractivity contribution in [2.45, 2.75) is 25.4 Å². The van der Waals surface area contributed by atoms with E-state index in [4.69, 9.17) is 6.57 Å². The zero-order chi connectivity index (χ0) is 17.4. The molecule has 1 heterocycles. The maximum atomic E-state index is 12.2. The van der Waals surface area contributed by atoms with Gasteiger partial charge in [-0.15, -0.1) is 0 Å². The van der Waals surface area contributed by atoms with Gasteiger partial charge in [0.2, 0.25) is 0 Å². The van der Waals surface area contributed by atoms with Crippen LogP contribution in [0.3, 0.4) is 0 Å². The molecule has 0 bridgehead atoms. The molecule has 1 aliphatic heterocycles. The van der Waals surface area contributed by atoms with Crippen molar-refractivity contribution in [2.75, 3.05) is 18.0 Å². The van der Waals surface area contributed by atoms with Gasteiger partial charge in [0.1, 0.15) is 5.75 Å². The summed E-state index contributed by atoms with van der Waals surface area (Å²) in [5.74, 6) is 0.782. The molecule has 0 N–H and O–H groups in total. The van der Waals surface area contributed by atoms with E-state index in [2.05, 4.69) is 26.6 Å². The fourth-order valence-corrected chi connectivity index (χ4v) is 4.08. The van der Waals surface area contributed by atoms with Crippen LogP contribution in [-0.2, 0) is 0 Å². The number of nitrogens with zero attached hydrogens (tertiary/aromatic N) is 2. The highest BCUT2D eigenvalue weighted by molar-refractivity contribution is 5.53. The van der Waals surface area contributed by atoms with E-state index in [9.17, 15) is 8.78 Å². The highest BCUT2D eigenvalue weighted by atomic mass is 19.3. The minimum Gasteiger partial charge on any atom is -0.435 e. The lowest BCUT2D eigenvalue weighted by Crippen LogP contribution is -2.61. The van der Waals surface area contributed by atoms with Gasteiger partial charge in [0, 0.05) is 24.2 Å². The minimum absolute atomic E-state index is 0.195. The summed E-state index contributed by atoms with van der Waals surface area (Å²) in [5.41, 5.74) is 3.45. The lowest BCUT2D eigenvalue weighted by atomic mass is 9.56. The first kappa shape index (κ1) is 15.9. The third kappa shape index (κ3) is 3.05. The normalized spacial score (nSPS) is 18.6. The Labute approximate surface area is 145 Å². The van der Waals surface area contributed by atoms with Crippen LogP contribution in [0.25, 0.3) is 4.85 Å². The molecule has 2 aromatic carbocycles. The van der Waals surface area contributed by atoms with Crippen LogP contribution < -0.4 is 9.64 Å². The Hall–Kier alpha value is -2.61. The molecule has 0 unspecified atom stereocenters. The lowest BCUT2D eigenvalue weighted by molar-refractivity contribution is -0.0498. The predicted molar refractivity (Wildman–Crippen MR) is 92.4 cm³/mol. The molecule has 3 nitrogen and oxygen atoms in total. The highest BCUT2D eigenvalue weighted by Crippen LogP contribution is 2.56. The monoisotopic (exact) mass is 340 g/mol. The van der Waals surface area contributed by atoms with Crippen LogP contribution in [0.5, 0.6) is 5.75 Å². The number of ether oxygens (including phenoxy) is 1. The number of rotatable bonds is 4. The Morgan fingerprint density at radius 3 is 2.24 bits per heavy atom. The van der Waals surface area contributed by atoms with Crippen molar-refractivity contribution >= 4 is 11.4 Å². The maximum absolute atomic E-state index is 12.2. The second-order valence-corrected chi connectivity index (χ2v) is 7.04. The zero-order valence-electron chi connectivity index (χ0n) is 13.7. The van der Waals surface area contributed by atoms with E-state index in [1.54, 1.807) is 12.1 Å². The van der Waals surface area contributed by atoms with E-state index in [0.717, 1.165) is 18.8 Å². The average Bonchev–Trinajstić information content (AvgIpc) is 2.54. The SMILES string of the molecule is [C-]#[N+]c1ccc(C2CC3(C2)CN(c2ccc(OC(F)F)cc2)C3)cc1. The summed E-state index contributed by atoms with van der Waals surface area (Å²) in [6.45, 7) is 6.25. The number of halogens is 2. The van der Waals surface area contributed by atoms with Crippen molar-refractivity contribution in [3.63, 3.8) is 0 Å². The van der Waals surface area contributed by atoms with E-state index >= 15 is 0 Å². The first-order valence-corrected chi connectivity index (χ1v) is 8.34. The fraction of sp³-hybridized carbons (Fsp3) is 0.350. The van der Waals surface area contributed by atoms with Crippen molar-refractivity contribution in [3.05, 3.63) is 65.5 Å². The van der Waals surface area contributed by atoms with Crippen LogP contribution in [0, 0.1) is 12.0 Å². The van der Waals surface area contributed by atoms with Crippen LogP contribution in [0.15, 0.2) is 48.5 Å². The molecule has 1 saturated heterocycles. The second kappa shape index (κ2) is 6.03. The molecule has 0 atom stereocenters. The van der Waals surface area contributed by atoms with Crippen molar-refractivity contribution < 1.29 is 13.5 Å². The van der Waals surface area contributed by atoms with Gasteiger partial charge < -0.3 is 9.64 Å². The molecule has 5 heteroatoms. The van der Waals surface area contributed by atoms with Crippen molar-refractivity contribution in [2.24, 2.45) is 5.41 Å². The van der Waals surface area contributed by atoms with Crippen LogP contribution >= 0.6 is 0 Å². The van der Waals surface area contributed by atoms with Gasteiger partial charge in [-0.3, -0.25) is 0 Å². The maximum Gasteiger partial charge on any atom is 0.387 e. The molecule has 4 rings (SSSR count). The molecule has 2 aromatic rings. The Morgan fingerprint density at radius 2 is 1.68 bits per heavy atom. The predicted octanol–water partition coefficient (Wildman–Crippen LogP) is 5.22. The molecular formula is C20H18F2N2O. The van der Waals surface area contributed by atoms with Gasteiger partial charge in [-0.05, 0) is 48.6 Å². The molecule has 0 amide bonds. The molecule has 0 aromatic heterocycles. The molecule has 25 heavy (non-hydrogen) atoms. The zero-order valence-corrected chi connectivity index (χ0v) is 13.7. The van der Waals surface area contributed by atoms with Gasteiger partial charge in [0.15, 0.2) is 5.69 Å². The second-order valence-electron chi connectivity index (χ2n) is 7.04. The molecule has 2 fully saturated rings. The van der Waals surface area contributed by atoms with Gasteiger partial charge in [-0.25, -0.2) is 4.85 Å². The summed E-state index contributed by atoms with van der Waals surface area (Å²) in [7, 11) is 0. The lowest BCUT2D eigenvalue weighted by Gasteiger charge is -2.60. The Kier molecular flexibility index (Phi) is 3.84. The first-order valence-electron chi connectivity index (χ1n) is 8.34. The Bertz CT molecular complexity index is 782. The van der Waals surface area contributed by atoms with Gasteiger partial charge in [0.25, 0.3) is 0 Å². The van der Waals surface area contributed by atoms with Crippen molar-refractivity contribution in [1.29, 1.82) is 0 Å². The van der Waals surface area contributed by atoms with Gasteiger partial charge in [0.05, 0.1) is 6.57 Å². The first-order chi connectivity index (χ1) is 12.1. The third-order valence-corrected chi connectivity index (χ3v) is 5.33. The van der Waals surface area contributed by atoms with Crippen molar-refractivity contribution in [1.82, 2.24) is 0 Å². The smallest absolute Gasteiger partial charge is 0.387 e. The third-order valence-electron chi connectivity index (χ3n) is 5.33. The minimum atomic E-state index is -2.78. The number of hydrogen-bond acceptors (Lipinski definition) is 2. The van der Waals surface area contributed by atoms with E-state index in [-0.39, 0.29) is 5.75 Å². The van der Waals surface area contributed by atoms with Gasteiger partial charge in [-0.2, -0.15) is 8.78 Å². The molecule has 2 aliphatic rings. The summed E-state index contributed by atoms with van der Waals surface area (Å²) in [5, 5.41) is 0. The van der Waals surface area contributed by atoms with E-state index < -0.39 is 6.61 Å². The standard InChI is InChI=1S/C20H18F2N2O/c1-23-16-4-2-14(3-5-16)15-10-20(11-15)12-24(13-20)17-6-8-18(9-7-17)25-19(21)22/h2-9,15,19H,10-13H2. The van der Waals surface area contributed by atoms with Crippen LogP contribution in [0.4, 0.5) is 20.2 Å². The summed E-state index contributed by atoms with van der Waals surface area (Å²) in [6.07, 6.45) is 2.35. The fourth-order valence-electron chi connectivity index (χ4n) is 4.08. The number of benzene rings is 2. The topological polar surface area (TPSA) is 16.8 Å². The number of alkyl halides is 2. The number of anilines is 1. The highest BCUT2D eigenvalue weighted by Gasteiger charge is 2.52.